The van der Waals surface area contributed by atoms with Crippen molar-refractivity contribution in [1.29, 1.82) is 0 Å². The van der Waals surface area contributed by atoms with E-state index in [1.54, 1.807) is 6.26 Å². The van der Waals surface area contributed by atoms with E-state index in [0.717, 1.165) is 24.0 Å². The molecule has 0 bridgehead atoms. The lowest BCUT2D eigenvalue weighted by atomic mass is 9.89. The van der Waals surface area contributed by atoms with Crippen molar-refractivity contribution in [2.45, 2.75) is 18.8 Å². The number of nitrogens with zero attached hydrogens (tertiary/aromatic N) is 1. The molecule has 0 unspecified atom stereocenters. The van der Waals surface area contributed by atoms with Gasteiger partial charge in [-0.1, -0.05) is 17.3 Å². The number of aromatic nitrogens is 1. The Morgan fingerprint density at radius 1 is 1.27 bits per heavy atom. The SMILES string of the molecule is c1cc(C2CCNCC2)c2nocc2c1. The summed E-state index contributed by atoms with van der Waals surface area (Å²) in [4.78, 5) is 0. The Morgan fingerprint density at radius 2 is 2.13 bits per heavy atom. The molecule has 0 aliphatic carbocycles. The summed E-state index contributed by atoms with van der Waals surface area (Å²) >= 11 is 0. The maximum absolute atomic E-state index is 5.03. The summed E-state index contributed by atoms with van der Waals surface area (Å²) in [5.41, 5.74) is 2.40. The largest absolute Gasteiger partial charge is 0.363 e. The topological polar surface area (TPSA) is 38.1 Å². The summed E-state index contributed by atoms with van der Waals surface area (Å²) in [5.74, 6) is 0.639. The predicted octanol–water partition coefficient (Wildman–Crippen LogP) is 2.29. The van der Waals surface area contributed by atoms with Crippen molar-refractivity contribution in [3.05, 3.63) is 30.0 Å². The summed E-state index contributed by atoms with van der Waals surface area (Å²) in [6.45, 7) is 2.22. The molecule has 1 aliphatic heterocycles. The average molecular weight is 202 g/mol. The first-order valence-electron chi connectivity index (χ1n) is 5.49. The van der Waals surface area contributed by atoms with Crippen molar-refractivity contribution in [2.75, 3.05) is 13.1 Å². The highest BCUT2D eigenvalue weighted by atomic mass is 16.5. The maximum Gasteiger partial charge on any atom is 0.131 e. The number of hydrogen-bond donors (Lipinski definition) is 1. The third-order valence-corrected chi connectivity index (χ3v) is 3.20. The zero-order chi connectivity index (χ0) is 10.1. The minimum atomic E-state index is 0.639. The van der Waals surface area contributed by atoms with E-state index < -0.39 is 0 Å². The Labute approximate surface area is 88.4 Å². The smallest absolute Gasteiger partial charge is 0.131 e. The highest BCUT2D eigenvalue weighted by Gasteiger charge is 2.18. The van der Waals surface area contributed by atoms with E-state index in [0.29, 0.717) is 5.92 Å². The van der Waals surface area contributed by atoms with Gasteiger partial charge in [-0.2, -0.15) is 0 Å². The van der Waals surface area contributed by atoms with E-state index in [2.05, 4.69) is 28.7 Å². The van der Waals surface area contributed by atoms with Crippen LogP contribution >= 0.6 is 0 Å². The fourth-order valence-electron chi connectivity index (χ4n) is 2.38. The fraction of sp³-hybridized carbons (Fsp3) is 0.417. The van der Waals surface area contributed by atoms with Crippen LogP contribution in [0.1, 0.15) is 24.3 Å². The molecule has 3 heteroatoms. The number of rotatable bonds is 1. The van der Waals surface area contributed by atoms with Gasteiger partial charge < -0.3 is 9.84 Å². The Bertz CT molecular complexity index is 457. The van der Waals surface area contributed by atoms with Gasteiger partial charge in [-0.15, -0.1) is 0 Å². The molecule has 78 valence electrons. The van der Waals surface area contributed by atoms with Crippen LogP contribution in [0.2, 0.25) is 0 Å². The van der Waals surface area contributed by atoms with Crippen molar-refractivity contribution >= 4 is 10.9 Å². The number of nitrogens with one attached hydrogen (secondary N) is 1. The van der Waals surface area contributed by atoms with E-state index in [-0.39, 0.29) is 0 Å². The number of fused-ring (bicyclic) bond motifs is 1. The van der Waals surface area contributed by atoms with Gasteiger partial charge in [0.2, 0.25) is 0 Å². The molecule has 0 saturated carbocycles. The van der Waals surface area contributed by atoms with E-state index in [1.165, 1.54) is 18.4 Å². The van der Waals surface area contributed by atoms with Crippen molar-refractivity contribution in [1.82, 2.24) is 10.5 Å². The Morgan fingerprint density at radius 3 is 3.00 bits per heavy atom. The molecule has 2 aromatic rings. The molecule has 0 spiro atoms. The third-order valence-electron chi connectivity index (χ3n) is 3.20. The molecular formula is C12H14N2O. The van der Waals surface area contributed by atoms with Crippen molar-refractivity contribution in [3.8, 4) is 0 Å². The van der Waals surface area contributed by atoms with E-state index >= 15 is 0 Å². The van der Waals surface area contributed by atoms with Crippen LogP contribution in [0.15, 0.2) is 29.0 Å². The average Bonchev–Trinajstić information content (AvgIpc) is 2.78. The van der Waals surface area contributed by atoms with E-state index in [4.69, 9.17) is 4.52 Å². The van der Waals surface area contributed by atoms with Crippen LogP contribution < -0.4 is 5.32 Å². The van der Waals surface area contributed by atoms with Crippen LogP contribution in [0.25, 0.3) is 10.9 Å². The van der Waals surface area contributed by atoms with Crippen LogP contribution in [0, 0.1) is 0 Å². The summed E-state index contributed by atoms with van der Waals surface area (Å²) < 4.78 is 5.03. The Kier molecular flexibility index (Phi) is 2.18. The predicted molar refractivity (Wildman–Crippen MR) is 58.9 cm³/mol. The van der Waals surface area contributed by atoms with Crippen LogP contribution in [0.5, 0.6) is 0 Å². The second-order valence-electron chi connectivity index (χ2n) is 4.12. The zero-order valence-electron chi connectivity index (χ0n) is 8.57. The molecule has 0 radical (unpaired) electrons. The van der Waals surface area contributed by atoms with Gasteiger partial charge in [-0.05, 0) is 43.5 Å². The van der Waals surface area contributed by atoms with Gasteiger partial charge in [-0.25, -0.2) is 0 Å². The van der Waals surface area contributed by atoms with Crippen molar-refractivity contribution < 1.29 is 4.52 Å². The minimum Gasteiger partial charge on any atom is -0.363 e. The third kappa shape index (κ3) is 1.53. The molecule has 0 atom stereocenters. The molecule has 3 nitrogen and oxygen atoms in total. The van der Waals surface area contributed by atoms with E-state index in [9.17, 15) is 0 Å². The lowest BCUT2D eigenvalue weighted by Gasteiger charge is -2.22. The van der Waals surface area contributed by atoms with Gasteiger partial charge in [0.1, 0.15) is 11.8 Å². The molecule has 1 fully saturated rings. The number of hydrogen-bond acceptors (Lipinski definition) is 3. The summed E-state index contributed by atoms with van der Waals surface area (Å²) in [5, 5.41) is 8.60. The second-order valence-corrected chi connectivity index (χ2v) is 4.12. The Hall–Kier alpha value is -1.35. The highest BCUT2D eigenvalue weighted by molar-refractivity contribution is 5.81. The minimum absolute atomic E-state index is 0.639. The molecule has 1 aromatic carbocycles. The highest BCUT2D eigenvalue weighted by Crippen LogP contribution is 2.30. The molecule has 3 rings (SSSR count). The molecule has 15 heavy (non-hydrogen) atoms. The summed E-state index contributed by atoms with van der Waals surface area (Å²) in [6, 6.07) is 6.33. The standard InChI is InChI=1S/C12H14N2O/c1-2-10-8-15-14-12(10)11(3-1)9-4-6-13-7-5-9/h1-3,8-9,13H,4-7H2. The molecule has 1 aromatic heterocycles. The first kappa shape index (κ1) is 8.92. The first-order valence-corrected chi connectivity index (χ1v) is 5.49. The quantitative estimate of drug-likeness (QED) is 0.771. The monoisotopic (exact) mass is 202 g/mol. The van der Waals surface area contributed by atoms with Gasteiger partial charge in [0.15, 0.2) is 0 Å². The van der Waals surface area contributed by atoms with Crippen LogP contribution in [-0.2, 0) is 0 Å². The van der Waals surface area contributed by atoms with Gasteiger partial charge in [0.05, 0.1) is 0 Å². The zero-order valence-corrected chi connectivity index (χ0v) is 8.57. The van der Waals surface area contributed by atoms with Crippen molar-refractivity contribution in [3.63, 3.8) is 0 Å². The van der Waals surface area contributed by atoms with Gasteiger partial charge >= 0.3 is 0 Å². The van der Waals surface area contributed by atoms with Gasteiger partial charge in [-0.3, -0.25) is 0 Å². The lowest BCUT2D eigenvalue weighted by Crippen LogP contribution is -2.26. The molecule has 1 N–H and O–H groups in total. The lowest BCUT2D eigenvalue weighted by molar-refractivity contribution is 0.424. The number of benzene rings is 1. The molecule has 0 amide bonds. The number of piperidine rings is 1. The molecule has 2 heterocycles. The molecule has 1 saturated heterocycles. The summed E-state index contributed by atoms with van der Waals surface area (Å²) in [7, 11) is 0. The van der Waals surface area contributed by atoms with Crippen LogP contribution in [-0.4, -0.2) is 18.2 Å². The second kappa shape index (κ2) is 3.66. The normalized spacial score (nSPS) is 18.4. The molecular weight excluding hydrogens is 188 g/mol. The first-order chi connectivity index (χ1) is 7.45. The van der Waals surface area contributed by atoms with Gasteiger partial charge in [0.25, 0.3) is 0 Å². The maximum atomic E-state index is 5.03. The molecule has 1 aliphatic rings. The van der Waals surface area contributed by atoms with Crippen LogP contribution in [0.4, 0.5) is 0 Å². The van der Waals surface area contributed by atoms with Gasteiger partial charge in [0, 0.05) is 5.39 Å². The fourth-order valence-corrected chi connectivity index (χ4v) is 2.38. The van der Waals surface area contributed by atoms with E-state index in [1.807, 2.05) is 0 Å². The Balaban J connectivity index is 2.05. The summed E-state index contributed by atoms with van der Waals surface area (Å²) in [6.07, 6.45) is 4.12. The van der Waals surface area contributed by atoms with Crippen LogP contribution in [0.3, 0.4) is 0 Å². The van der Waals surface area contributed by atoms with Crippen molar-refractivity contribution in [2.24, 2.45) is 0 Å².